The molecule has 0 amide bonds. The van der Waals surface area contributed by atoms with Crippen LogP contribution in [0.3, 0.4) is 0 Å². The van der Waals surface area contributed by atoms with Crippen molar-refractivity contribution < 1.29 is 6.85 Å². The topological polar surface area (TPSA) is 0 Å². The summed E-state index contributed by atoms with van der Waals surface area (Å²) in [7, 11) is 0. The predicted octanol–water partition coefficient (Wildman–Crippen LogP) is 13.9. The Labute approximate surface area is 291 Å². The molecular formula is C48H42. The van der Waals surface area contributed by atoms with Crippen LogP contribution in [0.25, 0.3) is 76.5 Å². The Morgan fingerprint density at radius 3 is 1.65 bits per heavy atom. The van der Waals surface area contributed by atoms with Crippen molar-refractivity contribution in [1.82, 2.24) is 0 Å². The van der Waals surface area contributed by atoms with Crippen LogP contribution in [0.2, 0.25) is 0 Å². The van der Waals surface area contributed by atoms with Gasteiger partial charge in [0.05, 0.1) is 6.85 Å². The lowest BCUT2D eigenvalue weighted by Crippen LogP contribution is -2.11. The van der Waals surface area contributed by atoms with Crippen LogP contribution in [0.4, 0.5) is 0 Å². The van der Waals surface area contributed by atoms with E-state index in [0.717, 1.165) is 32.7 Å². The molecule has 48 heavy (non-hydrogen) atoms. The molecule has 0 atom stereocenters. The Kier molecular flexibility index (Phi) is 5.81. The first-order valence-corrected chi connectivity index (χ1v) is 16.8. The van der Waals surface area contributed by atoms with Crippen LogP contribution in [0.1, 0.15) is 59.5 Å². The SMILES string of the molecule is [2H]c1c([2H])c([2H])c(-c2cccc3cc(-c4c5ccc(C(C)(C)C)cc5c(-c5ccccc5)c5ccc(C(C)(C)C)cc45)c4ccccc4c23)c([2H])c1[2H]. The standard InChI is InChI=1S/C48H42/c1-47(2,3)34-25-27-40-42(29-34)44(32-18-11-8-12-19-32)39-26-24-35(48(4,5)6)30-43(39)46(40)41-28-33-20-15-23-36(31-16-9-7-10-17-31)45(33)38-22-14-13-21-37(38)41/h7-30H,1-6H3/i7D,9D,10D,16D,17D. The largest absolute Gasteiger partial charge is 0.0629 e. The van der Waals surface area contributed by atoms with Crippen LogP contribution >= 0.6 is 0 Å². The fourth-order valence-electron chi connectivity index (χ4n) is 7.33. The maximum atomic E-state index is 8.86. The van der Waals surface area contributed by atoms with Crippen molar-refractivity contribution in [3.05, 3.63) is 157 Å². The first-order chi connectivity index (χ1) is 25.2. The normalized spacial score (nSPS) is 13.8. The van der Waals surface area contributed by atoms with Crippen LogP contribution in [0, 0.1) is 0 Å². The summed E-state index contributed by atoms with van der Waals surface area (Å²) in [4.78, 5) is 0. The zero-order chi connectivity index (χ0) is 37.6. The second kappa shape index (κ2) is 11.2. The van der Waals surface area contributed by atoms with Crippen LogP contribution in [0.5, 0.6) is 0 Å². The molecule has 0 radical (unpaired) electrons. The maximum absolute atomic E-state index is 8.86. The second-order valence-corrected chi connectivity index (χ2v) is 15.0. The molecule has 0 spiro atoms. The van der Waals surface area contributed by atoms with Crippen molar-refractivity contribution >= 4 is 43.1 Å². The quantitative estimate of drug-likeness (QED) is 0.136. The van der Waals surface area contributed by atoms with Crippen molar-refractivity contribution in [1.29, 1.82) is 0 Å². The number of fused-ring (bicyclic) bond motifs is 5. The van der Waals surface area contributed by atoms with Gasteiger partial charge in [-0.3, -0.25) is 0 Å². The van der Waals surface area contributed by atoms with Gasteiger partial charge < -0.3 is 0 Å². The lowest BCUT2D eigenvalue weighted by atomic mass is 9.78. The predicted molar refractivity (Wildman–Crippen MR) is 210 cm³/mol. The van der Waals surface area contributed by atoms with Gasteiger partial charge in [0.15, 0.2) is 0 Å². The number of benzene rings is 8. The van der Waals surface area contributed by atoms with Gasteiger partial charge >= 0.3 is 0 Å². The zero-order valence-electron chi connectivity index (χ0n) is 33.5. The van der Waals surface area contributed by atoms with Crippen molar-refractivity contribution in [2.75, 3.05) is 0 Å². The molecule has 0 fully saturated rings. The minimum Gasteiger partial charge on any atom is -0.0622 e. The highest BCUT2D eigenvalue weighted by Crippen LogP contribution is 2.49. The zero-order valence-corrected chi connectivity index (χ0v) is 28.5. The molecule has 0 saturated carbocycles. The molecule has 0 nitrogen and oxygen atoms in total. The summed E-state index contributed by atoms with van der Waals surface area (Å²) in [6, 6.07) is 39.7. The van der Waals surface area contributed by atoms with E-state index in [-0.39, 0.29) is 40.6 Å². The van der Waals surface area contributed by atoms with Gasteiger partial charge in [-0.05, 0) is 117 Å². The lowest BCUT2D eigenvalue weighted by molar-refractivity contribution is 0.590. The molecule has 0 aliphatic carbocycles. The molecule has 0 bridgehead atoms. The highest BCUT2D eigenvalue weighted by molar-refractivity contribution is 6.27. The number of hydrogen-bond donors (Lipinski definition) is 0. The number of rotatable bonds is 3. The van der Waals surface area contributed by atoms with Gasteiger partial charge in [0, 0.05) is 0 Å². The third-order valence-electron chi connectivity index (χ3n) is 9.83. The molecule has 0 aliphatic rings. The summed E-state index contributed by atoms with van der Waals surface area (Å²) >= 11 is 0. The highest BCUT2D eigenvalue weighted by atomic mass is 14.3. The summed E-state index contributed by atoms with van der Waals surface area (Å²) in [5.74, 6) is 0. The molecule has 0 heterocycles. The van der Waals surface area contributed by atoms with E-state index in [0.29, 0.717) is 5.56 Å². The first kappa shape index (κ1) is 24.9. The monoisotopic (exact) mass is 623 g/mol. The minimum atomic E-state index is -0.391. The lowest BCUT2D eigenvalue weighted by Gasteiger charge is -2.25. The van der Waals surface area contributed by atoms with Crippen LogP contribution in [-0.4, -0.2) is 0 Å². The number of hydrogen-bond acceptors (Lipinski definition) is 0. The van der Waals surface area contributed by atoms with Crippen LogP contribution < -0.4 is 0 Å². The minimum absolute atomic E-state index is 0.0528. The maximum Gasteiger partial charge on any atom is 0.0629 e. The van der Waals surface area contributed by atoms with E-state index in [1.165, 1.54) is 43.8 Å². The van der Waals surface area contributed by atoms with Crippen LogP contribution in [0.15, 0.2) is 145 Å². The Hall–Kier alpha value is -5.20. The Bertz CT molecular complexity index is 2750. The van der Waals surface area contributed by atoms with E-state index < -0.39 is 6.04 Å². The van der Waals surface area contributed by atoms with E-state index in [4.69, 9.17) is 6.85 Å². The van der Waals surface area contributed by atoms with Gasteiger partial charge in [-0.15, -0.1) is 0 Å². The summed E-state index contributed by atoms with van der Waals surface area (Å²) in [5, 5.41) is 8.55. The molecule has 0 aromatic heterocycles. The molecule has 8 aromatic carbocycles. The van der Waals surface area contributed by atoms with Crippen molar-refractivity contribution in [2.45, 2.75) is 52.4 Å². The molecule has 0 saturated heterocycles. The fourth-order valence-corrected chi connectivity index (χ4v) is 7.33. The third-order valence-corrected chi connectivity index (χ3v) is 9.83. The average molecular weight is 624 g/mol. The van der Waals surface area contributed by atoms with Gasteiger partial charge in [-0.2, -0.15) is 0 Å². The summed E-state index contributed by atoms with van der Waals surface area (Å²) in [6.07, 6.45) is 0. The molecule has 0 heteroatoms. The van der Waals surface area contributed by atoms with E-state index in [9.17, 15) is 0 Å². The molecule has 8 rings (SSSR count). The molecule has 0 N–H and O–H groups in total. The Morgan fingerprint density at radius 2 is 1.00 bits per heavy atom. The van der Waals surface area contributed by atoms with Crippen molar-refractivity contribution in [3.8, 4) is 33.4 Å². The van der Waals surface area contributed by atoms with E-state index in [2.05, 4.69) is 139 Å². The summed E-state index contributed by atoms with van der Waals surface area (Å²) in [6.45, 7) is 13.6. The van der Waals surface area contributed by atoms with Crippen molar-refractivity contribution in [2.24, 2.45) is 0 Å². The van der Waals surface area contributed by atoms with Gasteiger partial charge in [-0.25, -0.2) is 0 Å². The molecule has 234 valence electrons. The highest BCUT2D eigenvalue weighted by Gasteiger charge is 2.24. The summed E-state index contributed by atoms with van der Waals surface area (Å²) in [5.41, 5.74) is 7.89. The van der Waals surface area contributed by atoms with E-state index in [1.54, 1.807) is 0 Å². The van der Waals surface area contributed by atoms with E-state index in [1.807, 2.05) is 18.2 Å². The average Bonchev–Trinajstić information content (AvgIpc) is 3.14. The summed E-state index contributed by atoms with van der Waals surface area (Å²) < 4.78 is 42.8. The van der Waals surface area contributed by atoms with Gasteiger partial charge in [-0.1, -0.05) is 169 Å². The van der Waals surface area contributed by atoms with Crippen molar-refractivity contribution in [3.63, 3.8) is 0 Å². The Balaban J connectivity index is 1.58. The third kappa shape index (κ3) is 4.99. The van der Waals surface area contributed by atoms with Gasteiger partial charge in [0.25, 0.3) is 0 Å². The molecule has 0 unspecified atom stereocenters. The second-order valence-electron chi connectivity index (χ2n) is 15.0. The van der Waals surface area contributed by atoms with Gasteiger partial charge in [0.2, 0.25) is 0 Å². The van der Waals surface area contributed by atoms with Gasteiger partial charge in [0.1, 0.15) is 0 Å². The molecule has 0 aliphatic heterocycles. The Morgan fingerprint density at radius 1 is 0.417 bits per heavy atom. The first-order valence-electron chi connectivity index (χ1n) is 19.3. The van der Waals surface area contributed by atoms with Crippen LogP contribution in [-0.2, 0) is 10.8 Å². The smallest absolute Gasteiger partial charge is 0.0622 e. The fraction of sp³-hybridized carbons (Fsp3) is 0.167. The van der Waals surface area contributed by atoms with E-state index >= 15 is 0 Å². The molecular weight excluding hydrogens is 577 g/mol. The molecule has 8 aromatic rings.